The summed E-state index contributed by atoms with van der Waals surface area (Å²) in [4.78, 5) is 9.84. The first kappa shape index (κ1) is 13.7. The van der Waals surface area contributed by atoms with Crippen molar-refractivity contribution in [2.24, 2.45) is 0 Å². The van der Waals surface area contributed by atoms with Gasteiger partial charge in [-0.15, -0.1) is 0 Å². The van der Waals surface area contributed by atoms with Gasteiger partial charge in [-0.2, -0.15) is 35.1 Å². The number of carbonyl (C=O) groups is 1. The maximum atomic E-state index is 11.9. The van der Waals surface area contributed by atoms with Crippen LogP contribution in [-0.4, -0.2) is 24.1 Å². The molecule has 0 aliphatic carbocycles. The van der Waals surface area contributed by atoms with E-state index in [0.29, 0.717) is 0 Å². The molecule has 15 heavy (non-hydrogen) atoms. The minimum Gasteiger partial charge on any atom is -0.275 e. The molecule has 0 fully saturated rings. The van der Waals surface area contributed by atoms with E-state index in [1.54, 1.807) is 0 Å². The van der Waals surface area contributed by atoms with Crippen LogP contribution in [0.5, 0.6) is 0 Å². The predicted molar refractivity (Wildman–Crippen MR) is 29.8 cm³/mol. The Kier molecular flexibility index (Phi) is 3.35. The third-order valence-electron chi connectivity index (χ3n) is 0.947. The summed E-state index contributed by atoms with van der Waals surface area (Å²) in [5.74, 6) is -8.50. The van der Waals surface area contributed by atoms with Crippen molar-refractivity contribution >= 4 is 5.78 Å². The number of Topliss-reactive ketones (excluding diaryl/α,β-unsaturated/α-hetero) is 1. The Bertz CT molecular complexity index is 311. The van der Waals surface area contributed by atoms with Gasteiger partial charge in [-0.05, 0) is 11.8 Å². The quantitative estimate of drug-likeness (QED) is 0.360. The Labute approximate surface area is 77.0 Å². The zero-order chi connectivity index (χ0) is 12.5. The monoisotopic (exact) mass is 240 g/mol. The highest BCUT2D eigenvalue weighted by Crippen LogP contribution is 2.34. The van der Waals surface area contributed by atoms with Crippen molar-refractivity contribution in [3.63, 3.8) is 0 Å². The molecule has 9 heteroatoms. The SMILES string of the molecule is O=C(C#CC(F)(F)C(F)(F)F)C(F)(F)F. The van der Waals surface area contributed by atoms with Gasteiger partial charge < -0.3 is 0 Å². The summed E-state index contributed by atoms with van der Waals surface area (Å²) in [5, 5.41) is 0. The first-order chi connectivity index (χ1) is 6.38. The molecule has 0 aliphatic heterocycles. The minimum absolute atomic E-state index is 0.0726. The lowest BCUT2D eigenvalue weighted by Gasteiger charge is -2.12. The molecule has 0 heterocycles. The van der Waals surface area contributed by atoms with E-state index in [0.717, 1.165) is 0 Å². The maximum absolute atomic E-state index is 11.9. The Hall–Kier alpha value is -1.33. The second-order valence-electron chi connectivity index (χ2n) is 2.15. The van der Waals surface area contributed by atoms with Gasteiger partial charge in [-0.25, -0.2) is 0 Å². The fraction of sp³-hybridized carbons (Fsp3) is 0.500. The molecule has 0 saturated carbocycles. The molecule has 0 bridgehead atoms. The molecule has 0 unspecified atom stereocenters. The van der Waals surface area contributed by atoms with Crippen molar-refractivity contribution in [1.82, 2.24) is 0 Å². The highest BCUT2D eigenvalue weighted by molar-refractivity contribution is 5.99. The van der Waals surface area contributed by atoms with E-state index < -0.39 is 24.1 Å². The number of carbonyl (C=O) groups excluding carboxylic acids is 1. The molecule has 0 aromatic rings. The summed E-state index contributed by atoms with van der Waals surface area (Å²) in [6.45, 7) is 0. The molecule has 0 aromatic carbocycles. The van der Waals surface area contributed by atoms with Crippen LogP contribution in [0, 0.1) is 11.8 Å². The molecule has 86 valence electrons. The zero-order valence-corrected chi connectivity index (χ0v) is 6.43. The van der Waals surface area contributed by atoms with Crippen LogP contribution in [0.15, 0.2) is 0 Å². The van der Waals surface area contributed by atoms with E-state index in [2.05, 4.69) is 0 Å². The van der Waals surface area contributed by atoms with Crippen LogP contribution < -0.4 is 0 Å². The summed E-state index contributed by atoms with van der Waals surface area (Å²) in [6.07, 6.45) is -11.7. The number of halogens is 8. The van der Waals surface area contributed by atoms with Crippen LogP contribution in [0.2, 0.25) is 0 Å². The van der Waals surface area contributed by atoms with Gasteiger partial charge in [0, 0.05) is 0 Å². The second kappa shape index (κ2) is 3.67. The van der Waals surface area contributed by atoms with Gasteiger partial charge >= 0.3 is 24.1 Å². The summed E-state index contributed by atoms with van der Waals surface area (Å²) in [7, 11) is 0. The van der Waals surface area contributed by atoms with Crippen molar-refractivity contribution in [3.05, 3.63) is 0 Å². The summed E-state index contributed by atoms with van der Waals surface area (Å²) >= 11 is 0. The molecule has 0 amide bonds. The zero-order valence-electron chi connectivity index (χ0n) is 6.43. The predicted octanol–water partition coefficient (Wildman–Crippen LogP) is 2.32. The summed E-state index contributed by atoms with van der Waals surface area (Å²) < 4.78 is 91.8. The lowest BCUT2D eigenvalue weighted by molar-refractivity contribution is -0.254. The Morgan fingerprint density at radius 2 is 1.27 bits per heavy atom. The van der Waals surface area contributed by atoms with E-state index in [1.165, 1.54) is 0 Å². The highest BCUT2D eigenvalue weighted by Gasteiger charge is 2.57. The van der Waals surface area contributed by atoms with Gasteiger partial charge in [0.1, 0.15) is 0 Å². The van der Waals surface area contributed by atoms with Gasteiger partial charge in [-0.1, -0.05) is 0 Å². The topological polar surface area (TPSA) is 17.1 Å². The second-order valence-corrected chi connectivity index (χ2v) is 2.15. The standard InChI is InChI=1S/C6F8O/c7-4(8,6(12,13)14)2-1-3(15)5(9,10)11. The van der Waals surface area contributed by atoms with Gasteiger partial charge in [-0.3, -0.25) is 4.79 Å². The number of alkyl halides is 8. The average Bonchev–Trinajstić information content (AvgIpc) is 1.96. The Balaban J connectivity index is 4.91. The van der Waals surface area contributed by atoms with E-state index >= 15 is 0 Å². The van der Waals surface area contributed by atoms with Crippen molar-refractivity contribution in [1.29, 1.82) is 0 Å². The Morgan fingerprint density at radius 1 is 0.867 bits per heavy atom. The lowest BCUT2D eigenvalue weighted by Crippen LogP contribution is -2.35. The minimum atomic E-state index is -6.12. The molecular formula is C6F8O. The van der Waals surface area contributed by atoms with Crippen LogP contribution in [0.25, 0.3) is 0 Å². The van der Waals surface area contributed by atoms with E-state index in [9.17, 15) is 39.9 Å². The first-order valence-corrected chi connectivity index (χ1v) is 2.97. The first-order valence-electron chi connectivity index (χ1n) is 2.97. The largest absolute Gasteiger partial charge is 0.466 e. The normalized spacial score (nSPS) is 13.1. The molecule has 0 N–H and O–H groups in total. The van der Waals surface area contributed by atoms with Gasteiger partial charge in [0.25, 0.3) is 0 Å². The van der Waals surface area contributed by atoms with E-state index in [-0.39, 0.29) is 11.8 Å². The van der Waals surface area contributed by atoms with Gasteiger partial charge in [0.05, 0.1) is 0 Å². The van der Waals surface area contributed by atoms with E-state index in [1.807, 2.05) is 0 Å². The lowest BCUT2D eigenvalue weighted by atomic mass is 10.3. The fourth-order valence-corrected chi connectivity index (χ4v) is 0.277. The number of rotatable bonds is 0. The smallest absolute Gasteiger partial charge is 0.275 e. The van der Waals surface area contributed by atoms with Gasteiger partial charge in [0.2, 0.25) is 0 Å². The maximum Gasteiger partial charge on any atom is 0.466 e. The van der Waals surface area contributed by atoms with Gasteiger partial charge in [0.15, 0.2) is 0 Å². The number of hydrogen-bond donors (Lipinski definition) is 0. The van der Waals surface area contributed by atoms with Crippen LogP contribution in [0.4, 0.5) is 35.1 Å². The molecule has 0 saturated heterocycles. The fourth-order valence-electron chi connectivity index (χ4n) is 0.277. The number of hydrogen-bond acceptors (Lipinski definition) is 1. The number of ketones is 1. The van der Waals surface area contributed by atoms with Crippen molar-refractivity contribution in [2.75, 3.05) is 0 Å². The van der Waals surface area contributed by atoms with E-state index in [4.69, 9.17) is 0 Å². The molecule has 0 spiro atoms. The van der Waals surface area contributed by atoms with Crippen LogP contribution in [0.3, 0.4) is 0 Å². The van der Waals surface area contributed by atoms with Crippen molar-refractivity contribution in [2.45, 2.75) is 18.3 Å². The Morgan fingerprint density at radius 3 is 1.53 bits per heavy atom. The van der Waals surface area contributed by atoms with Crippen molar-refractivity contribution in [3.8, 4) is 11.8 Å². The molecule has 0 aliphatic rings. The summed E-state index contributed by atoms with van der Waals surface area (Å²) in [6, 6.07) is 0. The third-order valence-corrected chi connectivity index (χ3v) is 0.947. The van der Waals surface area contributed by atoms with Crippen LogP contribution in [-0.2, 0) is 4.79 Å². The molecule has 0 rings (SSSR count). The molecular weight excluding hydrogens is 240 g/mol. The summed E-state index contributed by atoms with van der Waals surface area (Å²) in [5.41, 5.74) is 0. The average molecular weight is 240 g/mol. The van der Waals surface area contributed by atoms with Crippen molar-refractivity contribution < 1.29 is 39.9 Å². The highest BCUT2D eigenvalue weighted by atomic mass is 19.4. The molecule has 0 atom stereocenters. The molecule has 0 radical (unpaired) electrons. The molecule has 1 nitrogen and oxygen atoms in total. The van der Waals surface area contributed by atoms with Crippen LogP contribution >= 0.6 is 0 Å². The molecule has 0 aromatic heterocycles. The third kappa shape index (κ3) is 3.73. The van der Waals surface area contributed by atoms with Crippen LogP contribution in [0.1, 0.15) is 0 Å².